The molecule has 0 radical (unpaired) electrons. The topological polar surface area (TPSA) is 55.3 Å². The Hall–Kier alpha value is -2.43. The largest absolute Gasteiger partial charge is 0.449 e. The Morgan fingerprint density at radius 1 is 1.17 bits per heavy atom. The molecule has 0 bridgehead atoms. The van der Waals surface area contributed by atoms with Crippen LogP contribution in [0.3, 0.4) is 0 Å². The fourth-order valence-electron chi connectivity index (χ4n) is 3.42. The van der Waals surface area contributed by atoms with Gasteiger partial charge in [0, 0.05) is 24.2 Å². The molecule has 0 aliphatic carbocycles. The summed E-state index contributed by atoms with van der Waals surface area (Å²) in [5.41, 5.74) is 5.43. The summed E-state index contributed by atoms with van der Waals surface area (Å²) in [7, 11) is 0. The molecule has 118 valence electrons. The van der Waals surface area contributed by atoms with E-state index in [0.29, 0.717) is 13.2 Å². The van der Waals surface area contributed by atoms with E-state index < -0.39 is 0 Å². The third kappa shape index (κ3) is 2.36. The van der Waals surface area contributed by atoms with Crippen molar-refractivity contribution in [2.24, 2.45) is 0 Å². The Labute approximate surface area is 135 Å². The van der Waals surface area contributed by atoms with Crippen molar-refractivity contribution in [2.75, 3.05) is 13.2 Å². The molecule has 1 amide bonds. The standard InChI is InChI=1S/C18H19N3O2/c1-11-3-5-13(6-4-11)17-19-12(2)14-7-9-21-15(16(14)20-17)8-10-23-18(21)22/h3-6,15H,7-10H2,1-2H3. The number of benzene rings is 1. The minimum Gasteiger partial charge on any atom is -0.449 e. The maximum absolute atomic E-state index is 12.0. The van der Waals surface area contributed by atoms with Crippen molar-refractivity contribution in [3.63, 3.8) is 0 Å². The number of cyclic esters (lactones) is 1. The van der Waals surface area contributed by atoms with Gasteiger partial charge >= 0.3 is 6.09 Å². The molecule has 2 aromatic rings. The van der Waals surface area contributed by atoms with Gasteiger partial charge in [-0.15, -0.1) is 0 Å². The molecule has 1 aromatic heterocycles. The highest BCUT2D eigenvalue weighted by molar-refractivity contribution is 5.70. The summed E-state index contributed by atoms with van der Waals surface area (Å²) in [6.45, 7) is 5.25. The molecule has 3 heterocycles. The van der Waals surface area contributed by atoms with Crippen LogP contribution in [-0.2, 0) is 11.2 Å². The Balaban J connectivity index is 1.81. The summed E-state index contributed by atoms with van der Waals surface area (Å²) < 4.78 is 5.16. The maximum Gasteiger partial charge on any atom is 0.410 e. The third-order valence-corrected chi connectivity index (χ3v) is 4.70. The lowest BCUT2D eigenvalue weighted by Gasteiger charge is -2.39. The van der Waals surface area contributed by atoms with E-state index >= 15 is 0 Å². The molecular weight excluding hydrogens is 290 g/mol. The predicted octanol–water partition coefficient (Wildman–Crippen LogP) is 3.20. The summed E-state index contributed by atoms with van der Waals surface area (Å²) in [4.78, 5) is 23.3. The molecule has 0 saturated carbocycles. The van der Waals surface area contributed by atoms with Crippen molar-refractivity contribution in [1.82, 2.24) is 14.9 Å². The van der Waals surface area contributed by atoms with Gasteiger partial charge in [0.05, 0.1) is 18.3 Å². The number of amides is 1. The van der Waals surface area contributed by atoms with Crippen LogP contribution in [-0.4, -0.2) is 34.1 Å². The monoisotopic (exact) mass is 309 g/mol. The van der Waals surface area contributed by atoms with Gasteiger partial charge in [-0.2, -0.15) is 0 Å². The highest BCUT2D eigenvalue weighted by atomic mass is 16.6. The SMILES string of the molecule is Cc1ccc(-c2nc(C)c3c(n2)C2CCOC(=O)N2CC3)cc1. The number of nitrogens with zero attached hydrogens (tertiary/aromatic N) is 3. The van der Waals surface area contributed by atoms with Crippen LogP contribution in [0.1, 0.15) is 35.0 Å². The molecule has 23 heavy (non-hydrogen) atoms. The highest BCUT2D eigenvalue weighted by Gasteiger charge is 2.37. The number of carbonyl (C=O) groups excluding carboxylic acids is 1. The molecule has 2 aliphatic heterocycles. The smallest absolute Gasteiger partial charge is 0.410 e. The Bertz CT molecular complexity index is 771. The molecular formula is C18H19N3O2. The van der Waals surface area contributed by atoms with Crippen LogP contribution in [0, 0.1) is 13.8 Å². The summed E-state index contributed by atoms with van der Waals surface area (Å²) in [6.07, 6.45) is 1.36. The zero-order valence-corrected chi connectivity index (χ0v) is 13.4. The summed E-state index contributed by atoms with van der Waals surface area (Å²) in [5, 5.41) is 0. The quantitative estimate of drug-likeness (QED) is 0.812. The zero-order chi connectivity index (χ0) is 16.0. The lowest BCUT2D eigenvalue weighted by molar-refractivity contribution is 0.0385. The molecule has 0 spiro atoms. The Kier molecular flexibility index (Phi) is 3.29. The summed E-state index contributed by atoms with van der Waals surface area (Å²) in [6, 6.07) is 8.25. The van der Waals surface area contributed by atoms with E-state index in [1.807, 2.05) is 19.1 Å². The molecule has 1 atom stereocenters. The van der Waals surface area contributed by atoms with Gasteiger partial charge in [0.15, 0.2) is 5.82 Å². The Morgan fingerprint density at radius 3 is 2.74 bits per heavy atom. The van der Waals surface area contributed by atoms with Crippen LogP contribution in [0.2, 0.25) is 0 Å². The zero-order valence-electron chi connectivity index (χ0n) is 13.4. The van der Waals surface area contributed by atoms with Gasteiger partial charge in [-0.3, -0.25) is 4.90 Å². The van der Waals surface area contributed by atoms with Gasteiger partial charge in [0.1, 0.15) is 0 Å². The van der Waals surface area contributed by atoms with E-state index in [9.17, 15) is 4.79 Å². The number of aromatic nitrogens is 2. The van der Waals surface area contributed by atoms with E-state index in [1.165, 1.54) is 11.1 Å². The van der Waals surface area contributed by atoms with Crippen LogP contribution in [0.5, 0.6) is 0 Å². The first-order valence-electron chi connectivity index (χ1n) is 8.01. The lowest BCUT2D eigenvalue weighted by Crippen LogP contribution is -2.45. The van der Waals surface area contributed by atoms with Crippen molar-refractivity contribution < 1.29 is 9.53 Å². The van der Waals surface area contributed by atoms with Crippen molar-refractivity contribution in [2.45, 2.75) is 32.7 Å². The fraction of sp³-hybridized carbons (Fsp3) is 0.389. The maximum atomic E-state index is 12.0. The lowest BCUT2D eigenvalue weighted by atomic mass is 9.94. The van der Waals surface area contributed by atoms with Gasteiger partial charge in [0.2, 0.25) is 0 Å². The average Bonchev–Trinajstić information content (AvgIpc) is 2.55. The number of hydrogen-bond acceptors (Lipinski definition) is 4. The van der Waals surface area contributed by atoms with Gasteiger partial charge in [0.25, 0.3) is 0 Å². The minimum atomic E-state index is -0.222. The first-order valence-corrected chi connectivity index (χ1v) is 8.01. The molecule has 1 fully saturated rings. The molecule has 5 nitrogen and oxygen atoms in total. The van der Waals surface area contributed by atoms with E-state index in [1.54, 1.807) is 4.90 Å². The van der Waals surface area contributed by atoms with Crippen molar-refractivity contribution in [1.29, 1.82) is 0 Å². The van der Waals surface area contributed by atoms with E-state index in [0.717, 1.165) is 35.6 Å². The normalized spacial score (nSPS) is 19.8. The molecule has 1 unspecified atom stereocenters. The highest BCUT2D eigenvalue weighted by Crippen LogP contribution is 2.35. The number of ether oxygens (including phenoxy) is 1. The molecule has 0 N–H and O–H groups in total. The van der Waals surface area contributed by atoms with Gasteiger partial charge < -0.3 is 4.74 Å². The first kappa shape index (κ1) is 14.2. The predicted molar refractivity (Wildman–Crippen MR) is 86.1 cm³/mol. The van der Waals surface area contributed by atoms with Gasteiger partial charge in [-0.1, -0.05) is 29.8 Å². The molecule has 1 saturated heterocycles. The number of rotatable bonds is 1. The first-order chi connectivity index (χ1) is 11.1. The third-order valence-electron chi connectivity index (χ3n) is 4.70. The van der Waals surface area contributed by atoms with Gasteiger partial charge in [-0.05, 0) is 25.8 Å². The second kappa shape index (κ2) is 5.33. The van der Waals surface area contributed by atoms with Crippen molar-refractivity contribution in [3.8, 4) is 11.4 Å². The number of hydrogen-bond donors (Lipinski definition) is 0. The summed E-state index contributed by atoms with van der Waals surface area (Å²) in [5.74, 6) is 0.738. The second-order valence-corrected chi connectivity index (χ2v) is 6.22. The van der Waals surface area contributed by atoms with Gasteiger partial charge in [-0.25, -0.2) is 14.8 Å². The molecule has 1 aromatic carbocycles. The molecule has 2 aliphatic rings. The van der Waals surface area contributed by atoms with Crippen LogP contribution in [0.4, 0.5) is 4.79 Å². The second-order valence-electron chi connectivity index (χ2n) is 6.22. The van der Waals surface area contributed by atoms with Crippen LogP contribution < -0.4 is 0 Å². The van der Waals surface area contributed by atoms with Crippen LogP contribution in [0.25, 0.3) is 11.4 Å². The Morgan fingerprint density at radius 2 is 1.96 bits per heavy atom. The van der Waals surface area contributed by atoms with Crippen molar-refractivity contribution in [3.05, 3.63) is 46.8 Å². The fourth-order valence-corrected chi connectivity index (χ4v) is 3.42. The number of carbonyl (C=O) groups is 1. The molecule has 4 rings (SSSR count). The van der Waals surface area contributed by atoms with Crippen LogP contribution in [0.15, 0.2) is 24.3 Å². The number of fused-ring (bicyclic) bond motifs is 3. The van der Waals surface area contributed by atoms with Crippen molar-refractivity contribution >= 4 is 6.09 Å². The number of aryl methyl sites for hydroxylation is 2. The van der Waals surface area contributed by atoms with E-state index in [2.05, 4.69) is 19.1 Å². The van der Waals surface area contributed by atoms with Crippen LogP contribution >= 0.6 is 0 Å². The minimum absolute atomic E-state index is 0.0194. The molecule has 5 heteroatoms. The van der Waals surface area contributed by atoms with E-state index in [-0.39, 0.29) is 12.1 Å². The summed E-state index contributed by atoms with van der Waals surface area (Å²) >= 11 is 0. The van der Waals surface area contributed by atoms with E-state index in [4.69, 9.17) is 14.7 Å². The average molecular weight is 309 g/mol.